The fraction of sp³-hybridized carbons (Fsp3) is 0.227. The van der Waals surface area contributed by atoms with Gasteiger partial charge in [-0.2, -0.15) is 10.1 Å². The molecule has 27 heavy (non-hydrogen) atoms. The summed E-state index contributed by atoms with van der Waals surface area (Å²) in [4.78, 5) is 12.0. The molecule has 0 radical (unpaired) electrons. The van der Waals surface area contributed by atoms with E-state index in [1.807, 2.05) is 12.3 Å². The van der Waals surface area contributed by atoms with Crippen LogP contribution >= 0.6 is 0 Å². The van der Waals surface area contributed by atoms with Crippen LogP contribution in [0.5, 0.6) is 0 Å². The normalized spacial score (nSPS) is 14.2. The van der Waals surface area contributed by atoms with Crippen molar-refractivity contribution in [1.29, 1.82) is 0 Å². The highest BCUT2D eigenvalue weighted by atomic mass is 15.4. The van der Waals surface area contributed by atoms with E-state index in [0.717, 1.165) is 29.8 Å². The van der Waals surface area contributed by atoms with Gasteiger partial charge >= 0.3 is 0 Å². The minimum absolute atomic E-state index is 0.623. The Morgan fingerprint density at radius 1 is 0.926 bits per heavy atom. The molecule has 134 valence electrons. The molecule has 0 saturated carbocycles. The van der Waals surface area contributed by atoms with Crippen molar-refractivity contribution in [3.8, 4) is 17.1 Å². The highest BCUT2D eigenvalue weighted by Crippen LogP contribution is 2.32. The maximum atomic E-state index is 4.90. The van der Waals surface area contributed by atoms with E-state index in [1.54, 1.807) is 10.9 Å². The van der Waals surface area contributed by atoms with Gasteiger partial charge in [-0.05, 0) is 54.7 Å². The maximum Gasteiger partial charge on any atom is 0.253 e. The summed E-state index contributed by atoms with van der Waals surface area (Å²) >= 11 is 0. The smallest absolute Gasteiger partial charge is 0.253 e. The lowest BCUT2D eigenvalue weighted by Gasteiger charge is -2.20. The molecule has 1 fully saturated rings. The van der Waals surface area contributed by atoms with E-state index in [4.69, 9.17) is 9.97 Å². The topological polar surface area (TPSA) is 46.8 Å². The second-order valence-electron chi connectivity index (χ2n) is 7.04. The van der Waals surface area contributed by atoms with E-state index >= 15 is 0 Å². The first-order valence-electron chi connectivity index (χ1n) is 9.42. The molecule has 2 aromatic heterocycles. The molecule has 2 aromatic carbocycles. The Morgan fingerprint density at radius 2 is 1.78 bits per heavy atom. The highest BCUT2D eigenvalue weighted by molar-refractivity contribution is 5.94. The molecule has 0 spiro atoms. The molecule has 0 N–H and O–H groups in total. The van der Waals surface area contributed by atoms with E-state index in [-0.39, 0.29) is 0 Å². The lowest BCUT2D eigenvalue weighted by Crippen LogP contribution is -2.20. The summed E-state index contributed by atoms with van der Waals surface area (Å²) in [5, 5.41) is 5.42. The summed E-state index contributed by atoms with van der Waals surface area (Å²) in [5.74, 6) is 1.64. The number of aromatic nitrogens is 4. The van der Waals surface area contributed by atoms with Crippen molar-refractivity contribution in [2.45, 2.75) is 19.8 Å². The van der Waals surface area contributed by atoms with E-state index in [9.17, 15) is 0 Å². The first kappa shape index (κ1) is 16.0. The molecule has 1 aliphatic heterocycles. The monoisotopic (exact) mass is 355 g/mol. The van der Waals surface area contributed by atoms with Crippen LogP contribution in [-0.4, -0.2) is 32.8 Å². The Bertz CT molecular complexity index is 1100. The first-order valence-corrected chi connectivity index (χ1v) is 9.42. The van der Waals surface area contributed by atoms with Crippen LogP contribution in [0, 0.1) is 6.92 Å². The summed E-state index contributed by atoms with van der Waals surface area (Å²) in [5.41, 5.74) is 4.68. The Labute approximate surface area is 158 Å². The van der Waals surface area contributed by atoms with Gasteiger partial charge in [0.05, 0.1) is 5.52 Å². The van der Waals surface area contributed by atoms with Crippen LogP contribution in [0.25, 0.3) is 28.0 Å². The average molecular weight is 355 g/mol. The first-order chi connectivity index (χ1) is 13.3. The van der Waals surface area contributed by atoms with Crippen LogP contribution in [0.3, 0.4) is 0 Å². The Morgan fingerprint density at radius 3 is 2.56 bits per heavy atom. The number of hydrogen-bond acceptors (Lipinski definition) is 4. The number of anilines is 1. The van der Waals surface area contributed by atoms with Gasteiger partial charge in [0.2, 0.25) is 0 Å². The van der Waals surface area contributed by atoms with Gasteiger partial charge in [0.1, 0.15) is 5.82 Å². The zero-order valence-corrected chi connectivity index (χ0v) is 15.3. The van der Waals surface area contributed by atoms with Gasteiger partial charge in [0, 0.05) is 30.9 Å². The van der Waals surface area contributed by atoms with Gasteiger partial charge < -0.3 is 4.90 Å². The molecule has 5 nitrogen and oxygen atoms in total. The number of benzene rings is 2. The molecule has 1 saturated heterocycles. The predicted molar refractivity (Wildman–Crippen MR) is 108 cm³/mol. The molecular formula is C22H21N5. The maximum absolute atomic E-state index is 4.90. The van der Waals surface area contributed by atoms with Crippen molar-refractivity contribution in [1.82, 2.24) is 19.7 Å². The quantitative estimate of drug-likeness (QED) is 0.547. The van der Waals surface area contributed by atoms with Crippen molar-refractivity contribution < 1.29 is 0 Å². The SMILES string of the molecule is Cc1ccccc1-c1ccc2nc(-n3cccn3)nc(N3CCCC3)c2c1. The zero-order valence-electron chi connectivity index (χ0n) is 15.3. The average Bonchev–Trinajstić information content (AvgIpc) is 3.41. The summed E-state index contributed by atoms with van der Waals surface area (Å²) in [6.45, 7) is 4.23. The van der Waals surface area contributed by atoms with E-state index in [2.05, 4.69) is 59.4 Å². The second kappa shape index (κ2) is 6.50. The Balaban J connectivity index is 1.72. The van der Waals surface area contributed by atoms with Gasteiger partial charge in [0.15, 0.2) is 0 Å². The third-order valence-corrected chi connectivity index (χ3v) is 5.23. The van der Waals surface area contributed by atoms with E-state index < -0.39 is 0 Å². The molecule has 0 aliphatic carbocycles. The summed E-state index contributed by atoms with van der Waals surface area (Å²) < 4.78 is 1.73. The van der Waals surface area contributed by atoms with Crippen molar-refractivity contribution in [3.05, 3.63) is 66.5 Å². The molecule has 0 bridgehead atoms. The van der Waals surface area contributed by atoms with Gasteiger partial charge in [-0.25, -0.2) is 9.67 Å². The number of hydrogen-bond donors (Lipinski definition) is 0. The van der Waals surface area contributed by atoms with E-state index in [0.29, 0.717) is 5.95 Å². The number of nitrogens with zero attached hydrogens (tertiary/aromatic N) is 5. The van der Waals surface area contributed by atoms with Gasteiger partial charge in [-0.3, -0.25) is 0 Å². The molecule has 3 heterocycles. The van der Waals surface area contributed by atoms with Gasteiger partial charge in [0.25, 0.3) is 5.95 Å². The van der Waals surface area contributed by atoms with Gasteiger partial charge in [-0.1, -0.05) is 30.3 Å². The van der Waals surface area contributed by atoms with Crippen LogP contribution in [0.1, 0.15) is 18.4 Å². The van der Waals surface area contributed by atoms with Crippen LogP contribution in [-0.2, 0) is 0 Å². The number of rotatable bonds is 3. The number of fused-ring (bicyclic) bond motifs is 1. The zero-order chi connectivity index (χ0) is 18.2. The van der Waals surface area contributed by atoms with Crippen LogP contribution in [0.15, 0.2) is 60.9 Å². The molecule has 0 amide bonds. The Kier molecular flexibility index (Phi) is 3.85. The fourth-order valence-corrected chi connectivity index (χ4v) is 3.82. The molecule has 5 heteroatoms. The largest absolute Gasteiger partial charge is 0.356 e. The van der Waals surface area contributed by atoms with Gasteiger partial charge in [-0.15, -0.1) is 0 Å². The molecule has 4 aromatic rings. The molecular weight excluding hydrogens is 334 g/mol. The Hall–Kier alpha value is -3.21. The third kappa shape index (κ3) is 2.85. The standard InChI is InChI=1S/C22H21N5/c1-16-7-2-3-8-18(16)17-9-10-20-19(15-17)21(26-12-4-5-13-26)25-22(24-20)27-14-6-11-23-27/h2-3,6-11,14-15H,4-5,12-13H2,1H3. The van der Waals surface area contributed by atoms with Crippen LogP contribution in [0.2, 0.25) is 0 Å². The summed E-state index contributed by atoms with van der Waals surface area (Å²) in [6.07, 6.45) is 6.06. The summed E-state index contributed by atoms with van der Waals surface area (Å²) in [7, 11) is 0. The van der Waals surface area contributed by atoms with Crippen molar-refractivity contribution >= 4 is 16.7 Å². The number of aryl methyl sites for hydroxylation is 1. The van der Waals surface area contributed by atoms with Crippen LogP contribution < -0.4 is 4.90 Å². The lowest BCUT2D eigenvalue weighted by atomic mass is 9.99. The molecule has 0 atom stereocenters. The minimum Gasteiger partial charge on any atom is -0.356 e. The highest BCUT2D eigenvalue weighted by Gasteiger charge is 2.19. The molecule has 1 aliphatic rings. The molecule has 0 unspecified atom stereocenters. The fourth-order valence-electron chi connectivity index (χ4n) is 3.82. The predicted octanol–water partition coefficient (Wildman–Crippen LogP) is 4.39. The minimum atomic E-state index is 0.623. The second-order valence-corrected chi connectivity index (χ2v) is 7.04. The van der Waals surface area contributed by atoms with Crippen molar-refractivity contribution in [2.24, 2.45) is 0 Å². The lowest BCUT2D eigenvalue weighted by molar-refractivity contribution is 0.806. The van der Waals surface area contributed by atoms with E-state index in [1.165, 1.54) is 29.5 Å². The molecule has 5 rings (SSSR count). The van der Waals surface area contributed by atoms with Crippen molar-refractivity contribution in [3.63, 3.8) is 0 Å². The van der Waals surface area contributed by atoms with Crippen LogP contribution in [0.4, 0.5) is 5.82 Å². The van der Waals surface area contributed by atoms with Crippen molar-refractivity contribution in [2.75, 3.05) is 18.0 Å². The third-order valence-electron chi connectivity index (χ3n) is 5.23. The summed E-state index contributed by atoms with van der Waals surface area (Å²) in [6, 6.07) is 16.9.